The maximum absolute atomic E-state index is 10.8. The van der Waals surface area contributed by atoms with Crippen molar-refractivity contribution in [2.75, 3.05) is 97.5 Å². The van der Waals surface area contributed by atoms with Crippen molar-refractivity contribution in [3.05, 3.63) is 188 Å². The Balaban J connectivity index is 0.000000165. The number of nitrogens with zero attached hydrogens (tertiary/aromatic N) is 17. The van der Waals surface area contributed by atoms with Gasteiger partial charge in [-0.25, -0.2) is 23.1 Å². The molecule has 28 nitrogen and oxygen atoms in total. The number of aldehydes is 1. The van der Waals surface area contributed by atoms with Gasteiger partial charge in [0.2, 0.25) is 21.6 Å². The van der Waals surface area contributed by atoms with E-state index in [1.165, 1.54) is 24.6 Å². The van der Waals surface area contributed by atoms with Crippen molar-refractivity contribution >= 4 is 201 Å². The van der Waals surface area contributed by atoms with Crippen LogP contribution in [0.25, 0.3) is 110 Å². The van der Waals surface area contributed by atoms with Gasteiger partial charge in [-0.05, 0) is 192 Å². The number of anilines is 5. The van der Waals surface area contributed by atoms with Crippen molar-refractivity contribution in [2.45, 2.75) is 96.8 Å². The van der Waals surface area contributed by atoms with Crippen LogP contribution in [-0.2, 0) is 29.4 Å². The lowest BCUT2D eigenvalue weighted by Gasteiger charge is -2.20. The number of hydrogen-bond acceptors (Lipinski definition) is 28. The number of thiazole rings is 3. The Bertz CT molecular complexity index is 5830. The molecule has 0 bridgehead atoms. The van der Waals surface area contributed by atoms with Gasteiger partial charge in [0.15, 0.2) is 63.9 Å². The van der Waals surface area contributed by atoms with Gasteiger partial charge in [-0.1, -0.05) is 110 Å². The Morgan fingerprint density at radius 1 is 0.435 bits per heavy atom. The summed E-state index contributed by atoms with van der Waals surface area (Å²) in [4.78, 5) is 30.0. The monoisotopic (exact) mass is 1730 g/mol. The first-order valence-corrected chi connectivity index (χ1v) is 40.6. The molecule has 0 fully saturated rings. The molecule has 32 heteroatoms. The molecule has 602 valence electrons. The number of rotatable bonds is 26. The number of halogens is 1. The molecule has 16 rings (SSSR count). The molecule has 0 aliphatic heterocycles. The van der Waals surface area contributed by atoms with E-state index in [2.05, 4.69) is 237 Å². The zero-order valence-corrected chi connectivity index (χ0v) is 68.9. The van der Waals surface area contributed by atoms with Gasteiger partial charge in [0.25, 0.3) is 10.0 Å². The van der Waals surface area contributed by atoms with E-state index < -0.39 is 0 Å². The summed E-state index contributed by atoms with van der Waals surface area (Å²) in [7, 11) is 0. The van der Waals surface area contributed by atoms with Crippen LogP contribution in [0, 0.1) is 6.92 Å². The molecule has 0 saturated carbocycles. The first kappa shape index (κ1) is 87.7. The lowest BCUT2D eigenvalue weighted by molar-refractivity contribution is -0.674. The molecule has 0 unspecified atom stereocenters. The van der Waals surface area contributed by atoms with E-state index in [0.717, 1.165) is 147 Å². The summed E-state index contributed by atoms with van der Waals surface area (Å²) >= 11 is 7.17. The van der Waals surface area contributed by atoms with Crippen molar-refractivity contribution in [1.29, 1.82) is 0 Å². The van der Waals surface area contributed by atoms with Crippen LogP contribution in [0.4, 0.5) is 28.4 Å². The van der Waals surface area contributed by atoms with E-state index >= 15 is 0 Å². The summed E-state index contributed by atoms with van der Waals surface area (Å²) in [5.74, 6) is 0. The normalized spacial score (nSPS) is 11.0. The second-order valence-electron chi connectivity index (χ2n) is 24.8. The van der Waals surface area contributed by atoms with Crippen molar-refractivity contribution in [3.8, 4) is 0 Å². The summed E-state index contributed by atoms with van der Waals surface area (Å²) in [5, 5.41) is 61.0. The van der Waals surface area contributed by atoms with Gasteiger partial charge in [0.1, 0.15) is 54.9 Å². The molecule has 4 N–H and O–H groups in total. The van der Waals surface area contributed by atoms with Crippen LogP contribution in [0.15, 0.2) is 179 Å². The minimum absolute atomic E-state index is 0. The average Bonchev–Trinajstić information content (AvgIpc) is 1.70. The van der Waals surface area contributed by atoms with Crippen LogP contribution in [0.5, 0.6) is 0 Å². The number of para-hydroxylation sites is 3. The van der Waals surface area contributed by atoms with E-state index in [9.17, 15) is 9.90 Å². The van der Waals surface area contributed by atoms with Gasteiger partial charge < -0.3 is 40.4 Å². The first-order chi connectivity index (χ1) is 55.3. The molecular formula is C83H98IN18O10S3+3. The smallest absolute Gasteiger partial charge is 0.262 e. The van der Waals surface area contributed by atoms with Crippen LogP contribution in [0.1, 0.15) is 107 Å². The molecule has 0 saturated heterocycles. The van der Waals surface area contributed by atoms with E-state index in [4.69, 9.17) is 39.1 Å². The van der Waals surface area contributed by atoms with Crippen molar-refractivity contribution in [2.24, 2.45) is 0 Å². The maximum atomic E-state index is 10.8. The zero-order valence-electron chi connectivity index (χ0n) is 64.3. The van der Waals surface area contributed by atoms with Crippen LogP contribution in [0.3, 0.4) is 0 Å². The second kappa shape index (κ2) is 43.3. The third-order valence-corrected chi connectivity index (χ3v) is 22.0. The Hall–Kier alpha value is -11.3. The predicted octanol–water partition coefficient (Wildman–Crippen LogP) is 16.8. The fourth-order valence-electron chi connectivity index (χ4n) is 12.9. The number of benzene rings is 8. The maximum Gasteiger partial charge on any atom is 0.262 e. The molecule has 0 amide bonds. The Labute approximate surface area is 691 Å². The number of aryl methyl sites for hydroxylation is 1. The SMILES string of the molecule is C.C.C=C(I)OOCC[n+]1c(/C=C/c2ccc(N(CC)CC)c3nonc23)sc2ccccc21.CCN(CC)c1ccc(/C=C/c2sc3ccccc3[n+]2CCO)c2nonc12.CCN(CC)c1ccc(C=O)c2nonc12.CCN(CC)c1cccc2nonc12.Cc1sc2ccccc2[n+]1CCO.Nc1cccc2nonc12. The summed E-state index contributed by atoms with van der Waals surface area (Å²) in [6.45, 7) is 32.5. The zero-order chi connectivity index (χ0) is 79.8. The summed E-state index contributed by atoms with van der Waals surface area (Å²) in [5.41, 5.74) is 23.4. The predicted molar refractivity (Wildman–Crippen MR) is 470 cm³/mol. The fraction of sp³-hybridized carbons (Fsp3) is 0.301. The topological polar surface area (TPSA) is 321 Å². The number of fused-ring (bicyclic) bond motifs is 8. The first-order valence-electron chi connectivity index (χ1n) is 37.1. The lowest BCUT2D eigenvalue weighted by Crippen LogP contribution is -2.37. The van der Waals surface area contributed by atoms with E-state index in [-0.39, 0.29) is 28.1 Å². The highest BCUT2D eigenvalue weighted by molar-refractivity contribution is 14.1. The number of nitrogen functional groups attached to an aromatic ring is 1. The molecule has 0 atom stereocenters. The third kappa shape index (κ3) is 20.8. The Morgan fingerprint density at radius 3 is 1.23 bits per heavy atom. The van der Waals surface area contributed by atoms with Crippen LogP contribution < -0.4 is 39.0 Å². The molecule has 8 aromatic carbocycles. The van der Waals surface area contributed by atoms with E-state index in [1.807, 2.05) is 95.4 Å². The molecule has 16 aromatic rings. The number of hydrogen-bond donors (Lipinski definition) is 3. The van der Waals surface area contributed by atoms with Crippen LogP contribution in [0.2, 0.25) is 0 Å². The number of carbonyl (C=O) groups is 1. The Kier molecular flexibility index (Phi) is 33.0. The van der Waals surface area contributed by atoms with Gasteiger partial charge in [-0.15, -0.1) is 0 Å². The number of nitrogens with two attached hydrogens (primary N) is 1. The number of aromatic nitrogens is 13. The summed E-state index contributed by atoms with van der Waals surface area (Å²) in [6.07, 6.45) is 9.03. The standard InChI is InChI=1S/C23H24IN4O3S.C21H23N4O2S.C11H13N3O2.C10H13N3O.C10H12NOS.C6H5N3O.2CH4/c1-4-27(5-2)19-12-10-17(22-23(19)26-31-25-22)11-13-21-28(14-15-29-30-16(3)24)18-8-6-7-9-20(18)32-21;1-3-24(4-2)17-11-9-15(20-21(17)23-27-22-20)10-12-19-25(13-14-26)16-7-5-6-8-18(16)28-19;1-3-14(4-2)9-6-5-8(7-15)10-11(9)13-16-12-10;1-3-13(4-2)9-7-5-6-8-10(9)12-14-11-8;1-8-11(6-7-12)9-4-2-3-5-10(9)13-8;7-4-2-1-3-5-6(4)9-10-8-5;;/h6-13H,3-5,14-15H2,1-2H3;5-12,26H,3-4,13-14H2,1-2H3;5-7H,3-4H2,1-2H3;5-7H,3-4H2,1-2H3;2-5,12H,6-7H2,1H3;1-3H,7H2;2*1H4/q2*+1;;;+1;;;. The minimum atomic E-state index is 0. The molecule has 8 heterocycles. The third-order valence-electron chi connectivity index (χ3n) is 18.5. The molecule has 115 heavy (non-hydrogen) atoms. The number of carbonyl (C=O) groups excluding carboxylic acids is 1. The van der Waals surface area contributed by atoms with Crippen molar-refractivity contribution in [1.82, 2.24) is 51.6 Å². The summed E-state index contributed by atoms with van der Waals surface area (Å²) < 4.78 is 34.7. The van der Waals surface area contributed by atoms with E-state index in [0.29, 0.717) is 63.3 Å². The lowest BCUT2D eigenvalue weighted by atomic mass is 10.1. The van der Waals surface area contributed by atoms with Gasteiger partial charge in [-0.2, -0.15) is 18.6 Å². The van der Waals surface area contributed by atoms with Crippen LogP contribution >= 0.6 is 56.6 Å². The van der Waals surface area contributed by atoms with Gasteiger partial charge >= 0.3 is 0 Å². The highest BCUT2D eigenvalue weighted by atomic mass is 127. The second-order valence-corrected chi connectivity index (χ2v) is 29.4. The molecular weight excluding hydrogens is 1630 g/mol. The van der Waals surface area contributed by atoms with E-state index in [1.54, 1.807) is 52.2 Å². The van der Waals surface area contributed by atoms with Gasteiger partial charge in [-0.3, -0.25) is 4.79 Å². The quantitative estimate of drug-likeness (QED) is 0.00663. The summed E-state index contributed by atoms with van der Waals surface area (Å²) in [6, 6.07) is 48.0. The molecule has 0 aliphatic carbocycles. The number of aliphatic hydroxyl groups is 2. The Morgan fingerprint density at radius 2 is 0.791 bits per heavy atom. The van der Waals surface area contributed by atoms with Gasteiger partial charge in [0, 0.05) is 129 Å². The average molecular weight is 1730 g/mol. The highest BCUT2D eigenvalue weighted by Crippen LogP contribution is 2.33. The largest absolute Gasteiger partial charge is 0.397 e. The molecule has 0 aliphatic rings. The molecule has 0 spiro atoms. The minimum Gasteiger partial charge on any atom is -0.397 e. The van der Waals surface area contributed by atoms with Crippen LogP contribution in [-0.4, -0.2) is 140 Å². The number of aliphatic hydroxyl groups excluding tert-OH is 2. The highest BCUT2D eigenvalue weighted by Gasteiger charge is 2.23. The fourth-order valence-corrected chi connectivity index (χ4v) is 16.2. The van der Waals surface area contributed by atoms with Crippen molar-refractivity contribution < 1.29 is 61.6 Å². The molecule has 8 aromatic heterocycles. The molecule has 0 radical (unpaired) electrons. The van der Waals surface area contributed by atoms with Gasteiger partial charge in [0.05, 0.1) is 28.4 Å². The van der Waals surface area contributed by atoms with Crippen molar-refractivity contribution in [3.63, 3.8) is 0 Å².